The molecule has 0 unspecified atom stereocenters. The van der Waals surface area contributed by atoms with Crippen LogP contribution in [0, 0.1) is 10.6 Å². The number of H-pyrrole nitrogens is 2. The van der Waals surface area contributed by atoms with Gasteiger partial charge in [-0.15, -0.1) is 0 Å². The van der Waals surface area contributed by atoms with Crippen LogP contribution >= 0.6 is 12.2 Å². The highest BCUT2D eigenvalue weighted by atomic mass is 32.1. The minimum atomic E-state index is -0.472. The molecular formula is C16H18FN3O3S. The molecule has 2 fully saturated rings. The molecule has 0 aliphatic carbocycles. The molecule has 1 aromatic carbocycles. The molecule has 6 nitrogen and oxygen atoms in total. The Balaban J connectivity index is 1.62. The molecule has 0 radical (unpaired) electrons. The Bertz CT molecular complexity index is 828. The first kappa shape index (κ1) is 15.7. The summed E-state index contributed by atoms with van der Waals surface area (Å²) in [6, 6.07) is 2.58. The number of carbonyl (C=O) groups excluding carboxylic acids is 1. The van der Waals surface area contributed by atoms with Gasteiger partial charge in [0.15, 0.2) is 4.77 Å². The van der Waals surface area contributed by atoms with E-state index in [-0.39, 0.29) is 23.7 Å². The fourth-order valence-corrected chi connectivity index (χ4v) is 3.64. The number of ether oxygens (including phenoxy) is 2. The summed E-state index contributed by atoms with van der Waals surface area (Å²) in [6.45, 7) is 2.12. The number of fused-ring (bicyclic) bond motifs is 1. The highest BCUT2D eigenvalue weighted by Crippen LogP contribution is 2.24. The number of aromatic amines is 2. The molecule has 2 aromatic rings. The molecule has 1 aromatic heterocycles. The van der Waals surface area contributed by atoms with Crippen molar-refractivity contribution in [1.82, 2.24) is 14.9 Å². The van der Waals surface area contributed by atoms with Crippen molar-refractivity contribution in [2.24, 2.45) is 0 Å². The molecule has 2 aliphatic heterocycles. The lowest BCUT2D eigenvalue weighted by Crippen LogP contribution is -2.49. The largest absolute Gasteiger partial charge is 0.375 e. The summed E-state index contributed by atoms with van der Waals surface area (Å²) in [7, 11) is 0. The number of nitrogens with one attached hydrogen (secondary N) is 2. The summed E-state index contributed by atoms with van der Waals surface area (Å²) in [5.74, 6) is -0.698. The Morgan fingerprint density at radius 1 is 1.25 bits per heavy atom. The fourth-order valence-electron chi connectivity index (χ4n) is 3.43. The molecule has 2 N–H and O–H groups in total. The number of rotatable bonds is 2. The van der Waals surface area contributed by atoms with Crippen LogP contribution in [0.5, 0.6) is 0 Å². The van der Waals surface area contributed by atoms with Gasteiger partial charge in [-0.2, -0.15) is 0 Å². The number of imidazole rings is 1. The van der Waals surface area contributed by atoms with E-state index < -0.39 is 5.82 Å². The third-order valence-electron chi connectivity index (χ3n) is 4.58. The zero-order chi connectivity index (χ0) is 16.7. The van der Waals surface area contributed by atoms with E-state index in [1.54, 1.807) is 4.90 Å². The van der Waals surface area contributed by atoms with Gasteiger partial charge in [0.05, 0.1) is 29.3 Å². The number of carbonyl (C=O) groups is 1. The van der Waals surface area contributed by atoms with E-state index >= 15 is 0 Å². The Kier molecular flexibility index (Phi) is 4.11. The molecule has 0 bridgehead atoms. The number of halogens is 1. The van der Waals surface area contributed by atoms with Crippen LogP contribution in [0.3, 0.4) is 0 Å². The van der Waals surface area contributed by atoms with E-state index in [0.717, 1.165) is 19.4 Å². The molecule has 2 aliphatic rings. The molecule has 2 saturated heterocycles. The van der Waals surface area contributed by atoms with Gasteiger partial charge in [-0.25, -0.2) is 4.39 Å². The van der Waals surface area contributed by atoms with Crippen LogP contribution in [0.15, 0.2) is 12.1 Å². The monoisotopic (exact) mass is 351 g/mol. The Morgan fingerprint density at radius 2 is 2.08 bits per heavy atom. The van der Waals surface area contributed by atoms with Crippen molar-refractivity contribution >= 4 is 29.2 Å². The van der Waals surface area contributed by atoms with Crippen molar-refractivity contribution in [2.75, 3.05) is 26.3 Å². The highest BCUT2D eigenvalue weighted by molar-refractivity contribution is 7.71. The number of nitrogens with zero attached hydrogens (tertiary/aromatic N) is 1. The minimum absolute atomic E-state index is 0.0335. The van der Waals surface area contributed by atoms with Crippen LogP contribution in [0.25, 0.3) is 11.0 Å². The molecule has 128 valence electrons. The zero-order valence-electron chi connectivity index (χ0n) is 13.0. The summed E-state index contributed by atoms with van der Waals surface area (Å²) in [6.07, 6.45) is 1.87. The molecule has 2 atom stereocenters. The summed E-state index contributed by atoms with van der Waals surface area (Å²) in [5, 5.41) is 0. The Hall–Kier alpha value is -1.77. The van der Waals surface area contributed by atoms with E-state index in [1.165, 1.54) is 12.1 Å². The van der Waals surface area contributed by atoms with Crippen LogP contribution < -0.4 is 0 Å². The number of aromatic nitrogens is 2. The van der Waals surface area contributed by atoms with Crippen molar-refractivity contribution < 1.29 is 18.7 Å². The lowest BCUT2D eigenvalue weighted by atomic mass is 10.1. The van der Waals surface area contributed by atoms with Crippen molar-refractivity contribution in [3.8, 4) is 0 Å². The summed E-state index contributed by atoms with van der Waals surface area (Å²) >= 11 is 5.06. The highest BCUT2D eigenvalue weighted by Gasteiger charge is 2.33. The first-order valence-electron chi connectivity index (χ1n) is 8.06. The van der Waals surface area contributed by atoms with E-state index in [1.807, 2.05) is 0 Å². The van der Waals surface area contributed by atoms with Gasteiger partial charge in [-0.05, 0) is 37.2 Å². The average Bonchev–Trinajstić information content (AvgIpc) is 3.22. The first-order valence-corrected chi connectivity index (χ1v) is 8.46. The van der Waals surface area contributed by atoms with Crippen LogP contribution in [-0.4, -0.2) is 59.3 Å². The third kappa shape index (κ3) is 2.85. The third-order valence-corrected chi connectivity index (χ3v) is 4.78. The van der Waals surface area contributed by atoms with E-state index in [2.05, 4.69) is 9.97 Å². The fraction of sp³-hybridized carbons (Fsp3) is 0.500. The van der Waals surface area contributed by atoms with Gasteiger partial charge in [0.1, 0.15) is 11.9 Å². The zero-order valence-corrected chi connectivity index (χ0v) is 13.8. The maximum Gasteiger partial charge on any atom is 0.256 e. The Morgan fingerprint density at radius 3 is 2.88 bits per heavy atom. The van der Waals surface area contributed by atoms with Crippen molar-refractivity contribution in [2.45, 2.75) is 25.0 Å². The van der Waals surface area contributed by atoms with Crippen molar-refractivity contribution in [1.29, 1.82) is 0 Å². The van der Waals surface area contributed by atoms with Crippen LogP contribution in [0.4, 0.5) is 4.39 Å². The molecule has 0 spiro atoms. The van der Waals surface area contributed by atoms with Crippen LogP contribution in [-0.2, 0) is 9.47 Å². The van der Waals surface area contributed by atoms with Crippen molar-refractivity contribution in [3.63, 3.8) is 0 Å². The van der Waals surface area contributed by atoms with Gasteiger partial charge in [0.25, 0.3) is 5.91 Å². The molecule has 8 heteroatoms. The molecule has 1 amide bonds. The predicted molar refractivity (Wildman–Crippen MR) is 88.1 cm³/mol. The molecule has 3 heterocycles. The van der Waals surface area contributed by atoms with Gasteiger partial charge in [-0.1, -0.05) is 0 Å². The lowest BCUT2D eigenvalue weighted by Gasteiger charge is -2.35. The number of hydrogen-bond acceptors (Lipinski definition) is 4. The molecule has 24 heavy (non-hydrogen) atoms. The normalized spacial score (nSPS) is 24.6. The second kappa shape index (κ2) is 6.27. The Labute approximate surface area is 142 Å². The van der Waals surface area contributed by atoms with Crippen LogP contribution in [0.2, 0.25) is 0 Å². The predicted octanol–water partition coefficient (Wildman–Crippen LogP) is 2.38. The second-order valence-electron chi connectivity index (χ2n) is 6.17. The number of benzene rings is 1. The topological polar surface area (TPSA) is 70.4 Å². The van der Waals surface area contributed by atoms with E-state index in [9.17, 15) is 9.18 Å². The number of amides is 1. The molecule has 4 rings (SSSR count). The average molecular weight is 351 g/mol. The SMILES string of the molecule is O=C(c1cc(F)cc2[nH]c(=S)[nH]c12)N1CCO[C@H]([C@@H]2CCCO2)C1. The number of morpholine rings is 1. The lowest BCUT2D eigenvalue weighted by molar-refractivity contribution is -0.0867. The van der Waals surface area contributed by atoms with Crippen molar-refractivity contribution in [3.05, 3.63) is 28.3 Å². The van der Waals surface area contributed by atoms with Gasteiger partial charge < -0.3 is 24.3 Å². The maximum absolute atomic E-state index is 13.9. The first-order chi connectivity index (χ1) is 11.6. The van der Waals surface area contributed by atoms with E-state index in [4.69, 9.17) is 21.7 Å². The quantitative estimate of drug-likeness (QED) is 0.815. The standard InChI is InChI=1S/C16H18FN3O3S/c17-9-6-10(14-11(7-9)18-16(24)19-14)15(21)20-3-5-23-13(8-20)12-2-1-4-22-12/h6-7,12-13H,1-5,8H2,(H2,18,19,24)/t12-,13-/m0/s1. The smallest absolute Gasteiger partial charge is 0.256 e. The summed E-state index contributed by atoms with van der Waals surface area (Å²) < 4.78 is 25.7. The second-order valence-corrected chi connectivity index (χ2v) is 6.58. The molecular weight excluding hydrogens is 333 g/mol. The van der Waals surface area contributed by atoms with Gasteiger partial charge >= 0.3 is 0 Å². The minimum Gasteiger partial charge on any atom is -0.375 e. The van der Waals surface area contributed by atoms with Gasteiger partial charge in [0, 0.05) is 19.7 Å². The van der Waals surface area contributed by atoms with Crippen LogP contribution in [0.1, 0.15) is 23.2 Å². The summed E-state index contributed by atoms with van der Waals surface area (Å²) in [4.78, 5) is 20.4. The summed E-state index contributed by atoms with van der Waals surface area (Å²) in [5.41, 5.74) is 1.31. The van der Waals surface area contributed by atoms with Gasteiger partial charge in [-0.3, -0.25) is 4.79 Å². The number of hydrogen-bond donors (Lipinski definition) is 2. The maximum atomic E-state index is 13.9. The molecule has 0 saturated carbocycles. The van der Waals surface area contributed by atoms with Gasteiger partial charge in [0.2, 0.25) is 0 Å². The van der Waals surface area contributed by atoms with E-state index in [0.29, 0.717) is 35.5 Å².